The first-order chi connectivity index (χ1) is 12.8. The highest BCUT2D eigenvalue weighted by atomic mass is 16.5. The molecule has 1 fully saturated rings. The molecule has 5 nitrogen and oxygen atoms in total. The van der Waals surface area contributed by atoms with Gasteiger partial charge in [0.1, 0.15) is 0 Å². The molecule has 0 radical (unpaired) electrons. The van der Waals surface area contributed by atoms with Crippen LogP contribution in [0.5, 0.6) is 0 Å². The number of anilines is 1. The third-order valence-corrected chi connectivity index (χ3v) is 5.36. The zero-order valence-corrected chi connectivity index (χ0v) is 16.7. The second-order valence-corrected chi connectivity index (χ2v) is 7.60. The molecule has 1 aliphatic carbocycles. The molecule has 0 spiro atoms. The van der Waals surface area contributed by atoms with Crippen molar-refractivity contribution in [2.45, 2.75) is 52.2 Å². The van der Waals surface area contributed by atoms with Gasteiger partial charge in [-0.2, -0.15) is 0 Å². The van der Waals surface area contributed by atoms with E-state index in [2.05, 4.69) is 30.3 Å². The van der Waals surface area contributed by atoms with Crippen molar-refractivity contribution in [1.29, 1.82) is 0 Å². The van der Waals surface area contributed by atoms with Crippen LogP contribution in [0.1, 0.15) is 55.2 Å². The largest absolute Gasteiger partial charge is 0.402 e. The van der Waals surface area contributed by atoms with Gasteiger partial charge in [0.15, 0.2) is 0 Å². The standard InChI is InChI=1S/C22H29N3O2/c1-6-18-20(19(14(2)23)15(3)25(18)22(4)11-12-22)21(26)24-17-9-7-16(8-10-17)13-27-5/h7-10H,3,6,11-13,23H2,1-2,4-5H3,(H,24,26)/b19-14-. The van der Waals surface area contributed by atoms with E-state index in [0.29, 0.717) is 17.9 Å². The molecule has 1 saturated carbocycles. The Morgan fingerprint density at radius 1 is 1.33 bits per heavy atom. The van der Waals surface area contributed by atoms with Gasteiger partial charge in [-0.05, 0) is 50.8 Å². The predicted molar refractivity (Wildman–Crippen MR) is 110 cm³/mol. The highest BCUT2D eigenvalue weighted by molar-refractivity contribution is 6.05. The lowest BCUT2D eigenvalue weighted by Gasteiger charge is -2.17. The van der Waals surface area contributed by atoms with Gasteiger partial charge in [-0.1, -0.05) is 25.6 Å². The second kappa shape index (κ2) is 7.24. The molecular weight excluding hydrogens is 338 g/mol. The van der Waals surface area contributed by atoms with E-state index in [0.717, 1.165) is 46.8 Å². The molecule has 1 heterocycles. The fraction of sp³-hybridized carbons (Fsp3) is 0.409. The van der Waals surface area contributed by atoms with Gasteiger partial charge in [-0.15, -0.1) is 0 Å². The molecule has 0 bridgehead atoms. The van der Waals surface area contributed by atoms with Crippen LogP contribution in [0.3, 0.4) is 0 Å². The summed E-state index contributed by atoms with van der Waals surface area (Å²) in [6.45, 7) is 10.9. The first kappa shape index (κ1) is 19.2. The Morgan fingerprint density at radius 3 is 2.44 bits per heavy atom. The van der Waals surface area contributed by atoms with Gasteiger partial charge in [0.05, 0.1) is 12.2 Å². The molecule has 1 aliphatic rings. The number of aromatic nitrogens is 1. The van der Waals surface area contributed by atoms with E-state index in [9.17, 15) is 4.79 Å². The number of rotatable bonds is 6. The smallest absolute Gasteiger partial charge is 0.258 e. The lowest BCUT2D eigenvalue weighted by molar-refractivity contribution is 0.102. The van der Waals surface area contributed by atoms with Gasteiger partial charge >= 0.3 is 0 Å². The number of carbonyl (C=O) groups is 1. The van der Waals surface area contributed by atoms with Crippen LogP contribution in [0.4, 0.5) is 5.69 Å². The van der Waals surface area contributed by atoms with Crippen molar-refractivity contribution in [1.82, 2.24) is 4.57 Å². The molecule has 3 N–H and O–H groups in total. The third-order valence-electron chi connectivity index (χ3n) is 5.36. The predicted octanol–water partition coefficient (Wildman–Crippen LogP) is 2.46. The van der Waals surface area contributed by atoms with Crippen LogP contribution in [0.2, 0.25) is 0 Å². The zero-order valence-electron chi connectivity index (χ0n) is 16.7. The van der Waals surface area contributed by atoms with E-state index in [1.807, 2.05) is 31.2 Å². The quantitative estimate of drug-likeness (QED) is 0.824. The zero-order chi connectivity index (χ0) is 19.8. The van der Waals surface area contributed by atoms with Crippen molar-refractivity contribution in [2.24, 2.45) is 5.73 Å². The summed E-state index contributed by atoms with van der Waals surface area (Å²) < 4.78 is 7.36. The van der Waals surface area contributed by atoms with Gasteiger partial charge in [-0.25, -0.2) is 0 Å². The average molecular weight is 367 g/mol. The fourth-order valence-corrected chi connectivity index (χ4v) is 3.78. The first-order valence-corrected chi connectivity index (χ1v) is 9.41. The SMILES string of the molecule is C=c1/c(=C(\C)N)c(C(=O)Nc2ccc(COC)cc2)c(CC)n1C1(C)CC1. The number of ether oxygens (including phenoxy) is 1. The maximum Gasteiger partial charge on any atom is 0.258 e. The van der Waals surface area contributed by atoms with Crippen molar-refractivity contribution >= 4 is 23.9 Å². The van der Waals surface area contributed by atoms with Crippen molar-refractivity contribution in [3.63, 3.8) is 0 Å². The van der Waals surface area contributed by atoms with Crippen LogP contribution in [0.15, 0.2) is 24.3 Å². The Kier molecular flexibility index (Phi) is 5.16. The Balaban J connectivity index is 2.04. The third kappa shape index (κ3) is 3.52. The molecule has 1 amide bonds. The number of nitrogens with two attached hydrogens (primary N) is 1. The second-order valence-electron chi connectivity index (χ2n) is 7.60. The number of hydrogen-bond donors (Lipinski definition) is 2. The van der Waals surface area contributed by atoms with Crippen molar-refractivity contribution in [3.8, 4) is 0 Å². The molecule has 0 atom stereocenters. The molecule has 27 heavy (non-hydrogen) atoms. The molecule has 0 aliphatic heterocycles. The normalized spacial score (nSPS) is 16.1. The number of hydrogen-bond acceptors (Lipinski definition) is 3. The summed E-state index contributed by atoms with van der Waals surface area (Å²) in [5, 5.41) is 4.63. The molecular formula is C22H29N3O2. The highest BCUT2D eigenvalue weighted by Gasteiger charge is 2.42. The number of nitrogens with zero attached hydrogens (tertiary/aromatic N) is 1. The van der Waals surface area contributed by atoms with Crippen LogP contribution in [-0.2, 0) is 23.3 Å². The van der Waals surface area contributed by atoms with E-state index < -0.39 is 0 Å². The number of methoxy groups -OCH3 is 1. The minimum atomic E-state index is -0.140. The van der Waals surface area contributed by atoms with Crippen molar-refractivity contribution < 1.29 is 9.53 Å². The van der Waals surface area contributed by atoms with Gasteiger partial charge in [0.2, 0.25) is 0 Å². The summed E-state index contributed by atoms with van der Waals surface area (Å²) in [5.41, 5.74) is 10.3. The molecule has 0 unspecified atom stereocenters. The fourth-order valence-electron chi connectivity index (χ4n) is 3.78. The van der Waals surface area contributed by atoms with Crippen LogP contribution in [-0.4, -0.2) is 17.6 Å². The number of benzene rings is 1. The van der Waals surface area contributed by atoms with Crippen LogP contribution >= 0.6 is 0 Å². The van der Waals surface area contributed by atoms with Crippen LogP contribution in [0, 0.1) is 0 Å². The van der Waals surface area contributed by atoms with E-state index >= 15 is 0 Å². The summed E-state index contributed by atoms with van der Waals surface area (Å²) in [6.07, 6.45) is 2.95. The summed E-state index contributed by atoms with van der Waals surface area (Å²) in [6, 6.07) is 7.68. The summed E-state index contributed by atoms with van der Waals surface area (Å²) >= 11 is 0. The van der Waals surface area contributed by atoms with Crippen LogP contribution < -0.4 is 21.6 Å². The Labute approximate surface area is 160 Å². The van der Waals surface area contributed by atoms with E-state index in [1.54, 1.807) is 7.11 Å². The molecule has 144 valence electrons. The number of carbonyl (C=O) groups excluding carboxylic acids is 1. The molecule has 1 aromatic heterocycles. The Hall–Kier alpha value is -2.53. The summed E-state index contributed by atoms with van der Waals surface area (Å²) in [5.74, 6) is -0.140. The first-order valence-electron chi connectivity index (χ1n) is 9.41. The minimum absolute atomic E-state index is 0.0486. The van der Waals surface area contributed by atoms with Gasteiger partial charge in [0.25, 0.3) is 5.91 Å². The van der Waals surface area contributed by atoms with Crippen molar-refractivity contribution in [3.05, 3.63) is 51.7 Å². The lowest BCUT2D eigenvalue weighted by Crippen LogP contribution is -2.37. The van der Waals surface area contributed by atoms with E-state index in [-0.39, 0.29) is 11.4 Å². The van der Waals surface area contributed by atoms with Gasteiger partial charge in [-0.3, -0.25) is 4.79 Å². The van der Waals surface area contributed by atoms with E-state index in [1.165, 1.54) is 0 Å². The topological polar surface area (TPSA) is 69.3 Å². The monoisotopic (exact) mass is 367 g/mol. The van der Waals surface area contributed by atoms with Gasteiger partial charge < -0.3 is 20.4 Å². The number of amides is 1. The maximum absolute atomic E-state index is 13.2. The minimum Gasteiger partial charge on any atom is -0.402 e. The molecule has 5 heteroatoms. The van der Waals surface area contributed by atoms with E-state index in [4.69, 9.17) is 10.5 Å². The molecule has 1 aromatic carbocycles. The highest BCUT2D eigenvalue weighted by Crippen LogP contribution is 2.42. The average Bonchev–Trinajstić information content (AvgIpc) is 3.28. The Morgan fingerprint density at radius 2 is 1.96 bits per heavy atom. The number of nitrogens with one attached hydrogen (secondary N) is 1. The molecule has 3 rings (SSSR count). The van der Waals surface area contributed by atoms with Gasteiger partial charge in [0, 0.05) is 40.3 Å². The summed E-state index contributed by atoms with van der Waals surface area (Å²) in [7, 11) is 1.66. The van der Waals surface area contributed by atoms with Crippen molar-refractivity contribution in [2.75, 3.05) is 12.4 Å². The van der Waals surface area contributed by atoms with Crippen LogP contribution in [0.25, 0.3) is 12.3 Å². The molecule has 0 saturated heterocycles. The Bertz CT molecular complexity index is 962. The molecule has 2 aromatic rings. The maximum atomic E-state index is 13.2. The summed E-state index contributed by atoms with van der Waals surface area (Å²) in [4.78, 5) is 13.2. The lowest BCUT2D eigenvalue weighted by atomic mass is 10.1.